The molecule has 1 aromatic rings. The lowest BCUT2D eigenvalue weighted by atomic mass is 10.0. The largest absolute Gasteiger partial charge is 0.478 e. The van der Waals surface area contributed by atoms with Crippen LogP contribution in [-0.4, -0.2) is 11.1 Å². The van der Waals surface area contributed by atoms with Crippen molar-refractivity contribution in [3.05, 3.63) is 34.9 Å². The minimum atomic E-state index is -4.62. The molecule has 0 aliphatic rings. The molecular weight excluding hydrogens is 245 g/mol. The Balaban J connectivity index is 3.36. The fourth-order valence-corrected chi connectivity index (χ4v) is 1.24. The highest BCUT2D eigenvalue weighted by atomic mass is 19.4. The van der Waals surface area contributed by atoms with Crippen molar-refractivity contribution >= 4 is 5.97 Å². The highest BCUT2D eigenvalue weighted by Crippen LogP contribution is 2.32. The minimum absolute atomic E-state index is 0.0646. The Kier molecular flexibility index (Phi) is 4.02. The Morgan fingerprint density at radius 1 is 1.33 bits per heavy atom. The normalized spacial score (nSPS) is 11.0. The minimum Gasteiger partial charge on any atom is -0.478 e. The van der Waals surface area contributed by atoms with Gasteiger partial charge in [-0.15, -0.1) is 0 Å². The molecule has 18 heavy (non-hydrogen) atoms. The molecule has 0 bridgehead atoms. The lowest BCUT2D eigenvalue weighted by Crippen LogP contribution is -2.10. The Morgan fingerprint density at radius 3 is 2.39 bits per heavy atom. The van der Waals surface area contributed by atoms with Crippen LogP contribution in [0.4, 0.5) is 13.2 Å². The van der Waals surface area contributed by atoms with Gasteiger partial charge in [0.1, 0.15) is 0 Å². The first-order valence-corrected chi connectivity index (χ1v) is 5.18. The summed E-state index contributed by atoms with van der Waals surface area (Å²) >= 11 is 0. The second kappa shape index (κ2) is 5.13. The van der Waals surface area contributed by atoms with E-state index in [1.165, 1.54) is 0 Å². The molecule has 0 amide bonds. The van der Waals surface area contributed by atoms with Crippen molar-refractivity contribution in [1.29, 1.82) is 0 Å². The zero-order chi connectivity index (χ0) is 13.9. The lowest BCUT2D eigenvalue weighted by molar-refractivity contribution is -0.137. The van der Waals surface area contributed by atoms with E-state index in [4.69, 9.17) is 5.11 Å². The Labute approximate surface area is 102 Å². The number of carboxylic acid groups (broad SMARTS) is 1. The van der Waals surface area contributed by atoms with Crippen molar-refractivity contribution in [2.75, 3.05) is 0 Å². The van der Waals surface area contributed by atoms with E-state index in [-0.39, 0.29) is 11.5 Å². The van der Waals surface area contributed by atoms with Crippen molar-refractivity contribution in [3.8, 4) is 11.8 Å². The summed E-state index contributed by atoms with van der Waals surface area (Å²) < 4.78 is 38.3. The summed E-state index contributed by atoms with van der Waals surface area (Å²) in [7, 11) is 0. The third kappa shape index (κ3) is 3.52. The molecule has 0 aliphatic carbocycles. The van der Waals surface area contributed by atoms with E-state index in [1.807, 2.05) is 0 Å². The summed E-state index contributed by atoms with van der Waals surface area (Å²) in [6, 6.07) is 2.80. The van der Waals surface area contributed by atoms with Crippen LogP contribution in [0.1, 0.15) is 35.3 Å². The van der Waals surface area contributed by atoms with Crippen LogP contribution in [0.5, 0.6) is 0 Å². The van der Waals surface area contributed by atoms with Crippen LogP contribution in [0.25, 0.3) is 0 Å². The summed E-state index contributed by atoms with van der Waals surface area (Å²) in [5.41, 5.74) is -1.63. The van der Waals surface area contributed by atoms with Crippen molar-refractivity contribution in [1.82, 2.24) is 0 Å². The van der Waals surface area contributed by atoms with Crippen molar-refractivity contribution < 1.29 is 23.1 Å². The fraction of sp³-hybridized carbons (Fsp3) is 0.308. The Hall–Kier alpha value is -1.96. The summed E-state index contributed by atoms with van der Waals surface area (Å²) in [6.45, 7) is 3.51. The van der Waals surface area contributed by atoms with Gasteiger partial charge in [0.15, 0.2) is 0 Å². The van der Waals surface area contributed by atoms with E-state index < -0.39 is 23.3 Å². The molecule has 1 N–H and O–H groups in total. The molecule has 1 aromatic carbocycles. The number of hydrogen-bond acceptors (Lipinski definition) is 1. The quantitative estimate of drug-likeness (QED) is 0.782. The maximum absolute atomic E-state index is 12.8. The topological polar surface area (TPSA) is 37.3 Å². The second-order valence-electron chi connectivity index (χ2n) is 3.99. The second-order valence-corrected chi connectivity index (χ2v) is 3.99. The molecule has 0 atom stereocenters. The molecule has 5 heteroatoms. The first-order valence-electron chi connectivity index (χ1n) is 5.18. The molecule has 0 fully saturated rings. The summed E-state index contributed by atoms with van der Waals surface area (Å²) in [6.07, 6.45) is -4.62. The van der Waals surface area contributed by atoms with Gasteiger partial charge in [-0.25, -0.2) is 4.79 Å². The molecule has 0 unspecified atom stereocenters. The van der Waals surface area contributed by atoms with Crippen LogP contribution >= 0.6 is 0 Å². The first kappa shape index (κ1) is 14.1. The van der Waals surface area contributed by atoms with E-state index >= 15 is 0 Å². The molecule has 0 saturated heterocycles. The van der Waals surface area contributed by atoms with Gasteiger partial charge in [-0.3, -0.25) is 0 Å². The molecule has 0 spiro atoms. The highest BCUT2D eigenvalue weighted by Gasteiger charge is 2.33. The third-order valence-electron chi connectivity index (χ3n) is 2.07. The average Bonchev–Trinajstić information content (AvgIpc) is 2.24. The molecule has 0 saturated carbocycles. The van der Waals surface area contributed by atoms with Crippen LogP contribution in [-0.2, 0) is 6.18 Å². The number of benzene rings is 1. The van der Waals surface area contributed by atoms with E-state index in [1.54, 1.807) is 13.8 Å². The van der Waals surface area contributed by atoms with Gasteiger partial charge in [0.05, 0.1) is 11.1 Å². The summed E-state index contributed by atoms with van der Waals surface area (Å²) in [5.74, 6) is 3.58. The molecule has 96 valence electrons. The van der Waals surface area contributed by atoms with Crippen molar-refractivity contribution in [3.63, 3.8) is 0 Å². The number of halogens is 3. The molecule has 0 radical (unpaired) electrons. The van der Waals surface area contributed by atoms with Gasteiger partial charge < -0.3 is 5.11 Å². The van der Waals surface area contributed by atoms with Gasteiger partial charge in [-0.05, 0) is 18.2 Å². The number of carbonyl (C=O) groups is 1. The van der Waals surface area contributed by atoms with Crippen molar-refractivity contribution in [2.24, 2.45) is 5.92 Å². The zero-order valence-electron chi connectivity index (χ0n) is 9.80. The number of carboxylic acids is 1. The van der Waals surface area contributed by atoms with Crippen molar-refractivity contribution in [2.45, 2.75) is 20.0 Å². The average molecular weight is 256 g/mol. The fourth-order valence-electron chi connectivity index (χ4n) is 1.24. The van der Waals surface area contributed by atoms with Crippen LogP contribution in [0.15, 0.2) is 18.2 Å². The van der Waals surface area contributed by atoms with E-state index in [2.05, 4.69) is 11.8 Å². The SMILES string of the molecule is CC(C)C#Cc1ccc(C(=O)O)cc1C(F)(F)F. The molecular formula is C13H11F3O2. The maximum Gasteiger partial charge on any atom is 0.417 e. The molecule has 0 aromatic heterocycles. The van der Waals surface area contributed by atoms with E-state index in [9.17, 15) is 18.0 Å². The van der Waals surface area contributed by atoms with Crippen LogP contribution in [0.3, 0.4) is 0 Å². The van der Waals surface area contributed by atoms with Gasteiger partial charge in [0.25, 0.3) is 0 Å². The summed E-state index contributed by atoms with van der Waals surface area (Å²) in [4.78, 5) is 10.7. The van der Waals surface area contributed by atoms with Crippen LogP contribution in [0, 0.1) is 17.8 Å². The number of rotatable bonds is 1. The Bertz CT molecular complexity index is 519. The zero-order valence-corrected chi connectivity index (χ0v) is 9.80. The molecule has 0 aliphatic heterocycles. The van der Waals surface area contributed by atoms with Gasteiger partial charge in [-0.1, -0.05) is 25.7 Å². The van der Waals surface area contributed by atoms with Crippen LogP contribution in [0.2, 0.25) is 0 Å². The van der Waals surface area contributed by atoms with Gasteiger partial charge in [0, 0.05) is 11.5 Å². The molecule has 1 rings (SSSR count). The number of hydrogen-bond donors (Lipinski definition) is 1. The number of aromatic carboxylic acids is 1. The predicted molar refractivity (Wildman–Crippen MR) is 60.1 cm³/mol. The monoisotopic (exact) mass is 256 g/mol. The smallest absolute Gasteiger partial charge is 0.417 e. The standard InChI is InChI=1S/C13H11F3O2/c1-8(2)3-4-9-5-6-10(12(17)18)7-11(9)13(14,15)16/h5-8H,1-2H3,(H,17,18). The van der Waals surface area contributed by atoms with Gasteiger partial charge in [-0.2, -0.15) is 13.2 Å². The van der Waals surface area contributed by atoms with Gasteiger partial charge in [0.2, 0.25) is 0 Å². The molecule has 2 nitrogen and oxygen atoms in total. The lowest BCUT2D eigenvalue weighted by Gasteiger charge is -2.10. The number of alkyl halides is 3. The third-order valence-corrected chi connectivity index (χ3v) is 2.07. The van der Waals surface area contributed by atoms with Gasteiger partial charge >= 0.3 is 12.1 Å². The van der Waals surface area contributed by atoms with E-state index in [0.717, 1.165) is 12.1 Å². The molecule has 0 heterocycles. The first-order chi connectivity index (χ1) is 8.21. The Morgan fingerprint density at radius 2 is 1.94 bits per heavy atom. The maximum atomic E-state index is 12.8. The van der Waals surface area contributed by atoms with Crippen LogP contribution < -0.4 is 0 Å². The predicted octanol–water partition coefficient (Wildman–Crippen LogP) is 3.41. The van der Waals surface area contributed by atoms with E-state index in [0.29, 0.717) is 6.07 Å². The highest BCUT2D eigenvalue weighted by molar-refractivity contribution is 5.88. The summed E-state index contributed by atoms with van der Waals surface area (Å²) in [5, 5.41) is 8.68.